The van der Waals surface area contributed by atoms with E-state index in [1.54, 1.807) is 10.9 Å². The number of nitrogens with one attached hydrogen (secondary N) is 2. The zero-order valence-electron chi connectivity index (χ0n) is 14.7. The van der Waals surface area contributed by atoms with Gasteiger partial charge in [0.25, 0.3) is 0 Å². The van der Waals surface area contributed by atoms with Crippen LogP contribution < -0.4 is 10.6 Å². The average Bonchev–Trinajstić information content (AvgIpc) is 3.20. The van der Waals surface area contributed by atoms with Gasteiger partial charge in [-0.25, -0.2) is 8.78 Å². The van der Waals surface area contributed by atoms with E-state index in [1.165, 1.54) is 12.1 Å². The van der Waals surface area contributed by atoms with Gasteiger partial charge in [-0.3, -0.25) is 9.48 Å². The second-order valence-corrected chi connectivity index (χ2v) is 6.63. The van der Waals surface area contributed by atoms with E-state index in [0.717, 1.165) is 18.2 Å². The maximum absolute atomic E-state index is 13.8. The third-order valence-corrected chi connectivity index (χ3v) is 4.78. The highest BCUT2D eigenvalue weighted by Gasteiger charge is 2.34. The predicted octanol–water partition coefficient (Wildman–Crippen LogP) is 2.34. The third-order valence-electron chi connectivity index (χ3n) is 4.78. The molecule has 0 radical (unpaired) electrons. The highest BCUT2D eigenvalue weighted by Crippen LogP contribution is 2.28. The summed E-state index contributed by atoms with van der Waals surface area (Å²) < 4.78 is 28.6. The van der Waals surface area contributed by atoms with E-state index in [2.05, 4.69) is 15.7 Å². The summed E-state index contributed by atoms with van der Waals surface area (Å²) in [6, 6.07) is 3.53. The molecule has 1 amide bonds. The van der Waals surface area contributed by atoms with E-state index in [4.69, 9.17) is 0 Å². The van der Waals surface area contributed by atoms with Gasteiger partial charge in [-0.05, 0) is 17.2 Å². The van der Waals surface area contributed by atoms with E-state index < -0.39 is 11.6 Å². The minimum atomic E-state index is -0.603. The Morgan fingerprint density at radius 3 is 2.85 bits per heavy atom. The van der Waals surface area contributed by atoms with Crippen LogP contribution in [0.4, 0.5) is 8.78 Å². The van der Waals surface area contributed by atoms with Crippen molar-refractivity contribution in [3.63, 3.8) is 0 Å². The molecule has 3 rings (SSSR count). The number of hydrogen-bond donors (Lipinski definition) is 2. The Kier molecular flexibility index (Phi) is 6.72. The molecule has 2 N–H and O–H groups in total. The second kappa shape index (κ2) is 8.60. The summed E-state index contributed by atoms with van der Waals surface area (Å²) in [5.41, 5.74) is 1.43. The lowest BCUT2D eigenvalue weighted by molar-refractivity contribution is -0.124. The van der Waals surface area contributed by atoms with Gasteiger partial charge in [0, 0.05) is 50.8 Å². The summed E-state index contributed by atoms with van der Waals surface area (Å²) >= 11 is 0. The summed E-state index contributed by atoms with van der Waals surface area (Å²) in [7, 11) is 1.85. The van der Waals surface area contributed by atoms with Crippen LogP contribution in [0.2, 0.25) is 0 Å². The van der Waals surface area contributed by atoms with Gasteiger partial charge in [-0.15, -0.1) is 12.4 Å². The van der Waals surface area contributed by atoms with Crippen LogP contribution in [0, 0.1) is 17.6 Å². The number of amides is 1. The van der Waals surface area contributed by atoms with Crippen LogP contribution in [-0.4, -0.2) is 35.3 Å². The fourth-order valence-corrected chi connectivity index (χ4v) is 3.33. The molecule has 142 valence electrons. The van der Waals surface area contributed by atoms with Crippen LogP contribution in [0.3, 0.4) is 0 Å². The molecule has 1 aromatic heterocycles. The van der Waals surface area contributed by atoms with E-state index in [-0.39, 0.29) is 36.1 Å². The van der Waals surface area contributed by atoms with Crippen LogP contribution >= 0.6 is 12.4 Å². The van der Waals surface area contributed by atoms with Gasteiger partial charge in [-0.1, -0.05) is 13.0 Å². The molecule has 3 atom stereocenters. The molecule has 26 heavy (non-hydrogen) atoms. The lowest BCUT2D eigenvalue weighted by Gasteiger charge is -2.19. The second-order valence-electron chi connectivity index (χ2n) is 6.63. The maximum atomic E-state index is 13.8. The summed E-state index contributed by atoms with van der Waals surface area (Å²) in [6.45, 7) is 3.44. The Morgan fingerprint density at radius 2 is 2.19 bits per heavy atom. The third kappa shape index (κ3) is 4.40. The summed E-state index contributed by atoms with van der Waals surface area (Å²) in [6.07, 6.45) is 3.71. The minimum absolute atomic E-state index is 0. The van der Waals surface area contributed by atoms with Crippen LogP contribution in [-0.2, 0) is 11.8 Å². The highest BCUT2D eigenvalue weighted by atomic mass is 35.5. The van der Waals surface area contributed by atoms with Crippen molar-refractivity contribution in [2.24, 2.45) is 13.0 Å². The van der Waals surface area contributed by atoms with Crippen molar-refractivity contribution in [2.75, 3.05) is 19.6 Å². The molecule has 1 unspecified atom stereocenters. The molecule has 1 fully saturated rings. The Bertz CT molecular complexity index is 767. The van der Waals surface area contributed by atoms with Gasteiger partial charge in [0.2, 0.25) is 5.91 Å². The van der Waals surface area contributed by atoms with Gasteiger partial charge >= 0.3 is 0 Å². The van der Waals surface area contributed by atoms with Crippen molar-refractivity contribution >= 4 is 18.3 Å². The van der Waals surface area contributed by atoms with Crippen molar-refractivity contribution < 1.29 is 13.6 Å². The monoisotopic (exact) mass is 384 g/mol. The zero-order valence-corrected chi connectivity index (χ0v) is 15.5. The van der Waals surface area contributed by atoms with E-state index in [9.17, 15) is 13.6 Å². The molecule has 0 bridgehead atoms. The molecule has 5 nitrogen and oxygen atoms in total. The molecule has 1 aliphatic rings. The summed E-state index contributed by atoms with van der Waals surface area (Å²) in [5, 5.41) is 10.3. The van der Waals surface area contributed by atoms with E-state index in [1.807, 2.05) is 20.2 Å². The first kappa shape index (κ1) is 20.3. The number of benzene rings is 1. The lowest BCUT2D eigenvalue weighted by Crippen LogP contribution is -2.36. The zero-order chi connectivity index (χ0) is 18.0. The fraction of sp³-hybridized carbons (Fsp3) is 0.444. The van der Waals surface area contributed by atoms with E-state index >= 15 is 0 Å². The molecule has 1 aromatic carbocycles. The van der Waals surface area contributed by atoms with Crippen LogP contribution in [0.5, 0.6) is 0 Å². The SMILES string of the molecule is CC(CNC(=O)[C@H]1CNC[C@@H]1c1cnn(C)c1)c1ccc(F)cc1F.Cl. The van der Waals surface area contributed by atoms with E-state index in [0.29, 0.717) is 18.7 Å². The lowest BCUT2D eigenvalue weighted by atomic mass is 9.90. The molecule has 0 saturated carbocycles. The standard InChI is InChI=1S/C18H22F2N4O.ClH/c1-11(14-4-3-13(19)5-17(14)20)6-22-18(25)16-9-21-8-15(16)12-7-23-24(2)10-12;/h3-5,7,10-11,15-16,21H,6,8-9H2,1-2H3,(H,22,25);1H/t11?,15-,16+;/m1./s1. The van der Waals surface area contributed by atoms with Crippen molar-refractivity contribution in [1.82, 2.24) is 20.4 Å². The molecule has 8 heteroatoms. The molecule has 1 saturated heterocycles. The quantitative estimate of drug-likeness (QED) is 0.832. The summed E-state index contributed by atoms with van der Waals surface area (Å²) in [5.74, 6) is -1.60. The Hall–Kier alpha value is -1.99. The van der Waals surface area contributed by atoms with Crippen LogP contribution in [0.15, 0.2) is 30.6 Å². The number of rotatable bonds is 5. The Balaban J connectivity index is 0.00000243. The molecule has 0 spiro atoms. The molecule has 1 aliphatic heterocycles. The Labute approximate surface area is 157 Å². The normalized spacial score (nSPS) is 20.5. The number of aromatic nitrogens is 2. The first-order valence-corrected chi connectivity index (χ1v) is 8.37. The number of hydrogen-bond acceptors (Lipinski definition) is 3. The van der Waals surface area contributed by atoms with Crippen LogP contribution in [0.1, 0.15) is 29.9 Å². The van der Waals surface area contributed by atoms with Crippen molar-refractivity contribution in [1.29, 1.82) is 0 Å². The number of halogens is 3. The molecule has 2 heterocycles. The number of aryl methyl sites for hydroxylation is 1. The molecule has 2 aromatic rings. The molecular formula is C18H23ClF2N4O. The predicted molar refractivity (Wildman–Crippen MR) is 97.3 cm³/mol. The van der Waals surface area contributed by atoms with Crippen molar-refractivity contribution in [3.8, 4) is 0 Å². The van der Waals surface area contributed by atoms with Gasteiger partial charge in [0.1, 0.15) is 11.6 Å². The van der Waals surface area contributed by atoms with Gasteiger partial charge in [0.15, 0.2) is 0 Å². The smallest absolute Gasteiger partial charge is 0.225 e. The molecular weight excluding hydrogens is 362 g/mol. The number of carbonyl (C=O) groups excluding carboxylic acids is 1. The van der Waals surface area contributed by atoms with Crippen molar-refractivity contribution in [3.05, 3.63) is 53.4 Å². The van der Waals surface area contributed by atoms with Crippen LogP contribution in [0.25, 0.3) is 0 Å². The Morgan fingerprint density at radius 1 is 1.42 bits per heavy atom. The first-order valence-electron chi connectivity index (χ1n) is 8.37. The summed E-state index contributed by atoms with van der Waals surface area (Å²) in [4.78, 5) is 12.6. The number of carbonyl (C=O) groups is 1. The number of nitrogens with zero attached hydrogens (tertiary/aromatic N) is 2. The van der Waals surface area contributed by atoms with Gasteiger partial charge < -0.3 is 10.6 Å². The minimum Gasteiger partial charge on any atom is -0.355 e. The highest BCUT2D eigenvalue weighted by molar-refractivity contribution is 5.85. The maximum Gasteiger partial charge on any atom is 0.225 e. The van der Waals surface area contributed by atoms with Gasteiger partial charge in [0.05, 0.1) is 12.1 Å². The van der Waals surface area contributed by atoms with Crippen molar-refractivity contribution in [2.45, 2.75) is 18.8 Å². The fourth-order valence-electron chi connectivity index (χ4n) is 3.33. The molecule has 0 aliphatic carbocycles. The average molecular weight is 385 g/mol. The topological polar surface area (TPSA) is 59.0 Å². The first-order chi connectivity index (χ1) is 12.0. The largest absolute Gasteiger partial charge is 0.355 e. The van der Waals surface area contributed by atoms with Gasteiger partial charge in [-0.2, -0.15) is 5.10 Å².